The first kappa shape index (κ1) is 22.4. The van der Waals surface area contributed by atoms with E-state index in [-0.39, 0.29) is 5.91 Å². The fourth-order valence-corrected chi connectivity index (χ4v) is 3.60. The van der Waals surface area contributed by atoms with E-state index in [0.29, 0.717) is 23.0 Å². The lowest BCUT2D eigenvalue weighted by atomic mass is 10.3. The van der Waals surface area contributed by atoms with Crippen molar-refractivity contribution in [1.29, 1.82) is 0 Å². The number of benzene rings is 2. The molecule has 152 valence electrons. The number of nitrogens with one attached hydrogen (secondary N) is 1. The van der Waals surface area contributed by atoms with E-state index in [2.05, 4.69) is 5.32 Å². The third kappa shape index (κ3) is 6.92. The van der Waals surface area contributed by atoms with Gasteiger partial charge in [-0.2, -0.15) is 0 Å². The van der Waals surface area contributed by atoms with Gasteiger partial charge in [-0.15, -0.1) is 11.8 Å². The highest BCUT2D eigenvalue weighted by molar-refractivity contribution is 7.99. The SMILES string of the molecule is C[C@@H](Oc1ccc(N(C)S(C)(=O)=O)cc1)C(=O)NCCSc1ccc(Cl)cc1. The molecule has 1 atom stereocenters. The van der Waals surface area contributed by atoms with Crippen LogP contribution in [0.4, 0.5) is 5.69 Å². The summed E-state index contributed by atoms with van der Waals surface area (Å²) in [5.41, 5.74) is 0.520. The van der Waals surface area contributed by atoms with Crippen LogP contribution in [0.1, 0.15) is 6.92 Å². The number of carbonyl (C=O) groups is 1. The van der Waals surface area contributed by atoms with Gasteiger partial charge in [0.2, 0.25) is 10.0 Å². The van der Waals surface area contributed by atoms with E-state index in [0.717, 1.165) is 16.9 Å². The van der Waals surface area contributed by atoms with Gasteiger partial charge in [0.05, 0.1) is 11.9 Å². The summed E-state index contributed by atoms with van der Waals surface area (Å²) in [5.74, 6) is 1.00. The Morgan fingerprint density at radius 1 is 1.18 bits per heavy atom. The number of amides is 1. The van der Waals surface area contributed by atoms with E-state index in [9.17, 15) is 13.2 Å². The minimum absolute atomic E-state index is 0.214. The largest absolute Gasteiger partial charge is 0.481 e. The molecule has 2 rings (SSSR count). The maximum Gasteiger partial charge on any atom is 0.260 e. The molecule has 0 saturated heterocycles. The first-order valence-electron chi connectivity index (χ1n) is 8.53. The highest BCUT2D eigenvalue weighted by atomic mass is 35.5. The summed E-state index contributed by atoms with van der Waals surface area (Å²) in [6.45, 7) is 2.18. The van der Waals surface area contributed by atoms with Crippen LogP contribution in [0.15, 0.2) is 53.4 Å². The number of sulfonamides is 1. The van der Waals surface area contributed by atoms with Gasteiger partial charge in [-0.05, 0) is 55.5 Å². The summed E-state index contributed by atoms with van der Waals surface area (Å²) in [7, 11) is -1.84. The quantitative estimate of drug-likeness (QED) is 0.475. The topological polar surface area (TPSA) is 75.7 Å². The fourth-order valence-electron chi connectivity index (χ4n) is 2.20. The van der Waals surface area contributed by atoms with E-state index in [1.165, 1.54) is 11.4 Å². The van der Waals surface area contributed by atoms with Gasteiger partial charge in [0, 0.05) is 29.3 Å². The lowest BCUT2D eigenvalue weighted by molar-refractivity contribution is -0.127. The molecule has 2 aromatic carbocycles. The zero-order valence-corrected chi connectivity index (χ0v) is 18.3. The number of carbonyl (C=O) groups excluding carboxylic acids is 1. The zero-order valence-electron chi connectivity index (χ0n) is 15.9. The summed E-state index contributed by atoms with van der Waals surface area (Å²) in [4.78, 5) is 13.2. The third-order valence-corrected chi connectivity index (χ3v) is 6.34. The van der Waals surface area contributed by atoms with E-state index in [1.807, 2.05) is 24.3 Å². The molecule has 1 amide bonds. The first-order valence-corrected chi connectivity index (χ1v) is 11.7. The van der Waals surface area contributed by atoms with Crippen LogP contribution < -0.4 is 14.4 Å². The van der Waals surface area contributed by atoms with E-state index >= 15 is 0 Å². The Labute approximate surface area is 175 Å². The molecule has 9 heteroatoms. The van der Waals surface area contributed by atoms with Crippen molar-refractivity contribution in [3.63, 3.8) is 0 Å². The number of anilines is 1. The summed E-state index contributed by atoms with van der Waals surface area (Å²) < 4.78 is 29.9. The number of rotatable bonds is 9. The molecule has 0 aliphatic carbocycles. The standard InChI is InChI=1S/C19H23ClN2O4S2/c1-14(19(23)21-12-13-27-18-10-4-15(20)5-11-18)26-17-8-6-16(7-9-17)22(2)28(3,24)25/h4-11,14H,12-13H2,1-3H3,(H,21,23)/t14-/m1/s1. The molecular formula is C19H23ClN2O4S2. The lowest BCUT2D eigenvalue weighted by Crippen LogP contribution is -2.37. The predicted molar refractivity (Wildman–Crippen MR) is 115 cm³/mol. The number of nitrogens with zero attached hydrogens (tertiary/aromatic N) is 1. The normalized spacial score (nSPS) is 12.3. The Morgan fingerprint density at radius 3 is 2.36 bits per heavy atom. The Bertz CT molecular complexity index is 887. The Morgan fingerprint density at radius 2 is 1.79 bits per heavy atom. The number of thioether (sulfide) groups is 1. The van der Waals surface area contributed by atoms with E-state index in [1.54, 1.807) is 43.0 Å². The molecule has 0 unspecified atom stereocenters. The molecule has 0 fully saturated rings. The Kier molecular flexibility index (Phi) is 8.03. The summed E-state index contributed by atoms with van der Waals surface area (Å²) in [6, 6.07) is 14.1. The minimum atomic E-state index is -3.32. The van der Waals surface area contributed by atoms with Crippen molar-refractivity contribution >= 4 is 45.0 Å². The molecule has 0 saturated carbocycles. The number of ether oxygens (including phenoxy) is 1. The van der Waals surface area contributed by atoms with Gasteiger partial charge in [-0.3, -0.25) is 9.10 Å². The highest BCUT2D eigenvalue weighted by Gasteiger charge is 2.15. The molecule has 0 heterocycles. The van der Waals surface area contributed by atoms with Crippen molar-refractivity contribution in [2.45, 2.75) is 17.9 Å². The van der Waals surface area contributed by atoms with Crippen LogP contribution in [0.25, 0.3) is 0 Å². The average Bonchev–Trinajstić information content (AvgIpc) is 2.65. The number of hydrogen-bond donors (Lipinski definition) is 1. The Balaban J connectivity index is 1.77. The van der Waals surface area contributed by atoms with Crippen LogP contribution in [0.2, 0.25) is 5.02 Å². The highest BCUT2D eigenvalue weighted by Crippen LogP contribution is 2.21. The van der Waals surface area contributed by atoms with E-state index < -0.39 is 16.1 Å². The van der Waals surface area contributed by atoms with Crippen molar-refractivity contribution in [3.05, 3.63) is 53.6 Å². The molecule has 0 bridgehead atoms. The van der Waals surface area contributed by atoms with Gasteiger partial charge in [0.1, 0.15) is 5.75 Å². The van der Waals surface area contributed by atoms with Crippen molar-refractivity contribution in [3.8, 4) is 5.75 Å². The van der Waals surface area contributed by atoms with Crippen LogP contribution in [0.3, 0.4) is 0 Å². The third-order valence-electron chi connectivity index (χ3n) is 3.86. The molecule has 0 radical (unpaired) electrons. The fraction of sp³-hybridized carbons (Fsp3) is 0.316. The van der Waals surface area contributed by atoms with Crippen LogP contribution in [0, 0.1) is 0 Å². The first-order chi connectivity index (χ1) is 13.2. The monoisotopic (exact) mass is 442 g/mol. The van der Waals surface area contributed by atoms with Crippen LogP contribution >= 0.6 is 23.4 Å². The number of hydrogen-bond acceptors (Lipinski definition) is 5. The van der Waals surface area contributed by atoms with Gasteiger partial charge in [0.15, 0.2) is 6.10 Å². The predicted octanol–water partition coefficient (Wildman–Crippen LogP) is 3.41. The van der Waals surface area contributed by atoms with Crippen molar-refractivity contribution in [2.75, 3.05) is 29.9 Å². The molecule has 0 spiro atoms. The van der Waals surface area contributed by atoms with Crippen molar-refractivity contribution in [2.24, 2.45) is 0 Å². The summed E-state index contributed by atoms with van der Waals surface area (Å²) in [5, 5.41) is 3.53. The molecule has 0 aromatic heterocycles. The molecule has 6 nitrogen and oxygen atoms in total. The van der Waals surface area contributed by atoms with Crippen LogP contribution in [-0.2, 0) is 14.8 Å². The summed E-state index contributed by atoms with van der Waals surface area (Å²) >= 11 is 7.48. The summed E-state index contributed by atoms with van der Waals surface area (Å²) in [6.07, 6.45) is 0.466. The van der Waals surface area contributed by atoms with Gasteiger partial charge < -0.3 is 10.1 Å². The zero-order chi connectivity index (χ0) is 20.7. The Hall–Kier alpha value is -1.90. The van der Waals surface area contributed by atoms with Crippen molar-refractivity contribution in [1.82, 2.24) is 5.32 Å². The van der Waals surface area contributed by atoms with Gasteiger partial charge in [0.25, 0.3) is 5.91 Å². The van der Waals surface area contributed by atoms with Crippen LogP contribution in [0.5, 0.6) is 5.75 Å². The van der Waals surface area contributed by atoms with Gasteiger partial charge in [-0.25, -0.2) is 8.42 Å². The maximum absolute atomic E-state index is 12.2. The molecular weight excluding hydrogens is 420 g/mol. The van der Waals surface area contributed by atoms with Gasteiger partial charge >= 0.3 is 0 Å². The van der Waals surface area contributed by atoms with Crippen molar-refractivity contribution < 1.29 is 17.9 Å². The van der Waals surface area contributed by atoms with Crippen LogP contribution in [-0.4, -0.2) is 46.0 Å². The second-order valence-corrected chi connectivity index (χ2v) is 9.70. The maximum atomic E-state index is 12.2. The second-order valence-electron chi connectivity index (χ2n) is 6.08. The minimum Gasteiger partial charge on any atom is -0.481 e. The van der Waals surface area contributed by atoms with Gasteiger partial charge in [-0.1, -0.05) is 11.6 Å². The number of halogens is 1. The smallest absolute Gasteiger partial charge is 0.260 e. The molecule has 28 heavy (non-hydrogen) atoms. The molecule has 0 aliphatic heterocycles. The molecule has 1 N–H and O–H groups in total. The molecule has 2 aromatic rings. The lowest BCUT2D eigenvalue weighted by Gasteiger charge is -2.18. The van der Waals surface area contributed by atoms with E-state index in [4.69, 9.17) is 16.3 Å². The average molecular weight is 443 g/mol. The molecule has 0 aliphatic rings. The second kappa shape index (κ2) is 10.0.